The molecule has 0 aromatic heterocycles. The summed E-state index contributed by atoms with van der Waals surface area (Å²) in [5.74, 6) is 4.56. The van der Waals surface area contributed by atoms with Crippen molar-refractivity contribution < 1.29 is 15.0 Å². The van der Waals surface area contributed by atoms with Gasteiger partial charge in [-0.1, -0.05) is 74.8 Å². The number of phenolic OH excluding ortho intramolecular Hbond substituents is 2. The quantitative estimate of drug-likeness (QED) is 0.162. The van der Waals surface area contributed by atoms with E-state index in [2.05, 4.69) is 165 Å². The lowest BCUT2D eigenvalue weighted by Crippen LogP contribution is -2.26. The summed E-state index contributed by atoms with van der Waals surface area (Å²) in [5, 5.41) is 19.9. The number of rotatable bonds is 0. The Morgan fingerprint density at radius 2 is 0.526 bits per heavy atom. The molecule has 5 spiro atoms. The van der Waals surface area contributed by atoms with Crippen LogP contribution in [0.5, 0.6) is 11.5 Å². The Labute approximate surface area is 569 Å². The summed E-state index contributed by atoms with van der Waals surface area (Å²) in [4.78, 5) is 12.4. The first-order chi connectivity index (χ1) is 45.2. The van der Waals surface area contributed by atoms with Crippen LogP contribution in [0.3, 0.4) is 0 Å². The highest BCUT2D eigenvalue weighted by Crippen LogP contribution is 2.69. The standard InChI is InChI=1S/2C19H22.3C18H20O/c2*1-11-5-6-16-17(12(11)2)10-19-8-7-15(9-19)13(3)14(4)18(16)19;2*1-10-11(2)17-14-4-5-16(19)12(3)15(14)9-18(17)7-6-13(10)8-18;1-10-4-5-14-15(11(10)2)9-18-7-6-13(8-18)17(19)12(3)16(14)18/h2*5-6,15H,3,7-10H2,1-2,4H3;2*4-5,13,19H,1,6-9H2,2-3H3;4-5,13H,6-9H2,1-3H3. The maximum absolute atomic E-state index is 12.4. The van der Waals surface area contributed by atoms with Crippen molar-refractivity contribution in [2.75, 3.05) is 0 Å². The smallest absolute Gasteiger partial charge is 0.161 e. The molecule has 10 bridgehead atoms. The fourth-order valence-electron chi connectivity index (χ4n) is 24.3. The van der Waals surface area contributed by atoms with Gasteiger partial charge in [-0.2, -0.15) is 0 Å². The maximum Gasteiger partial charge on any atom is 0.161 e. The number of aromatic hydroxyl groups is 2. The lowest BCUT2D eigenvalue weighted by Gasteiger charge is -2.33. The van der Waals surface area contributed by atoms with Gasteiger partial charge in [-0.05, 0) is 432 Å². The van der Waals surface area contributed by atoms with Gasteiger partial charge in [0, 0.05) is 33.0 Å². The van der Waals surface area contributed by atoms with E-state index in [1.165, 1.54) is 220 Å². The van der Waals surface area contributed by atoms with E-state index in [1.807, 2.05) is 12.1 Å². The van der Waals surface area contributed by atoms with Gasteiger partial charge < -0.3 is 10.2 Å². The second kappa shape index (κ2) is 21.5. The Morgan fingerprint density at radius 3 is 0.800 bits per heavy atom. The Morgan fingerprint density at radius 1 is 0.305 bits per heavy atom. The lowest BCUT2D eigenvalue weighted by atomic mass is 9.70. The van der Waals surface area contributed by atoms with Gasteiger partial charge in [-0.25, -0.2) is 0 Å². The average Bonchev–Trinajstić information content (AvgIpc) is 1.59. The molecular formula is C92H104O3. The fraction of sp³-hybridized carbons (Fsp3) is 0.467. The van der Waals surface area contributed by atoms with Gasteiger partial charge in [-0.3, -0.25) is 4.79 Å². The van der Waals surface area contributed by atoms with E-state index in [-0.39, 0.29) is 0 Å². The summed E-state index contributed by atoms with van der Waals surface area (Å²) in [6, 6.07) is 21.8. The second-order valence-electron chi connectivity index (χ2n) is 34.0. The third-order valence-corrected chi connectivity index (χ3v) is 29.9. The lowest BCUT2D eigenvalue weighted by molar-refractivity contribution is -0.119. The first-order valence-corrected chi connectivity index (χ1v) is 37.0. The molecule has 20 rings (SSSR count). The first kappa shape index (κ1) is 62.8. The third-order valence-electron chi connectivity index (χ3n) is 29.9. The number of aryl methyl sites for hydroxylation is 3. The Balaban J connectivity index is 0.0000000937. The average molecular weight is 1260 g/mol. The molecule has 5 aromatic rings. The van der Waals surface area contributed by atoms with Crippen molar-refractivity contribution in [3.8, 4) is 11.5 Å². The molecule has 2 N–H and O–H groups in total. The van der Waals surface area contributed by atoms with Crippen LogP contribution in [0.4, 0.5) is 0 Å². The number of benzene rings is 5. The van der Waals surface area contributed by atoms with Gasteiger partial charge in [0.2, 0.25) is 0 Å². The highest BCUT2D eigenvalue weighted by atomic mass is 16.3. The number of phenols is 2. The molecule has 0 heterocycles. The summed E-state index contributed by atoms with van der Waals surface area (Å²) in [6.45, 7) is 46.3. The predicted molar refractivity (Wildman–Crippen MR) is 395 cm³/mol. The molecule has 10 atom stereocenters. The number of hydrogen-bond acceptors (Lipinski definition) is 3. The number of carbonyl (C=O) groups excluding carboxylic acids is 1. The largest absolute Gasteiger partial charge is 0.508 e. The monoisotopic (exact) mass is 1260 g/mol. The Hall–Kier alpha value is -6.97. The van der Waals surface area contributed by atoms with Crippen molar-refractivity contribution in [2.45, 2.75) is 218 Å². The molecule has 15 aliphatic rings. The van der Waals surface area contributed by atoms with Crippen LogP contribution in [-0.2, 0) is 36.9 Å². The van der Waals surface area contributed by atoms with Gasteiger partial charge in [-0.15, -0.1) is 0 Å². The molecule has 95 heavy (non-hydrogen) atoms. The van der Waals surface area contributed by atoms with Crippen molar-refractivity contribution in [3.05, 3.63) is 237 Å². The molecule has 15 aliphatic carbocycles. The van der Waals surface area contributed by atoms with Crippen molar-refractivity contribution >= 4 is 33.6 Å². The van der Waals surface area contributed by atoms with Crippen LogP contribution >= 0.6 is 0 Å². The van der Waals surface area contributed by atoms with Crippen LogP contribution in [-0.4, -0.2) is 16.0 Å². The van der Waals surface area contributed by atoms with Crippen LogP contribution in [0, 0.1) is 112 Å². The predicted octanol–water partition coefficient (Wildman–Crippen LogP) is 22.8. The molecule has 5 aromatic carbocycles. The second-order valence-corrected chi connectivity index (χ2v) is 34.0. The molecule has 5 saturated carbocycles. The van der Waals surface area contributed by atoms with Crippen molar-refractivity contribution in [2.24, 2.45) is 56.7 Å². The molecule has 0 saturated heterocycles. The number of Topliss-reactive ketones (excluding diaryl/α,β-unsaturated/α-hetero) is 1. The number of hydrogen-bond donors (Lipinski definition) is 2. The van der Waals surface area contributed by atoms with Crippen LogP contribution in [0.2, 0.25) is 0 Å². The summed E-state index contributed by atoms with van der Waals surface area (Å²) in [5.41, 5.74) is 48.0. The number of ketones is 1. The molecule has 490 valence electrons. The molecule has 0 radical (unpaired) electrons. The van der Waals surface area contributed by atoms with Crippen molar-refractivity contribution in [3.63, 3.8) is 0 Å². The van der Waals surface area contributed by atoms with Crippen LogP contribution in [0.25, 0.3) is 27.9 Å². The van der Waals surface area contributed by atoms with E-state index in [9.17, 15) is 15.0 Å². The third kappa shape index (κ3) is 8.76. The van der Waals surface area contributed by atoms with Gasteiger partial charge in [0.1, 0.15) is 11.5 Å². The summed E-state index contributed by atoms with van der Waals surface area (Å²) in [7, 11) is 0. The topological polar surface area (TPSA) is 57.5 Å². The SMILES string of the molecule is C=C1C(C)=C2c3ccc(C)c(C)c3CC23CCC1C3.C=C1C(C)=C2c3ccc(C)c(C)c3CC23CCC1C3.C=C1C(C)=C2c3ccc(O)c(C)c3CC23CCC1C3.C=C1C(C)=C2c3ccc(O)c(C)c3CC23CCC1C3.CC1=C2c3ccc(C)c(C)c3CC23CCC(C3)C1=O. The summed E-state index contributed by atoms with van der Waals surface area (Å²) >= 11 is 0. The number of allylic oxidation sites excluding steroid dienone is 14. The number of carbonyl (C=O) groups is 1. The highest BCUT2D eigenvalue weighted by molar-refractivity contribution is 6.08. The molecular weight excluding hydrogens is 1150 g/mol. The van der Waals surface area contributed by atoms with E-state index in [0.29, 0.717) is 62.1 Å². The molecule has 5 fully saturated rings. The fourth-order valence-corrected chi connectivity index (χ4v) is 24.3. The highest BCUT2D eigenvalue weighted by Gasteiger charge is 2.57. The zero-order valence-corrected chi connectivity index (χ0v) is 59.9. The minimum Gasteiger partial charge on any atom is -0.508 e. The summed E-state index contributed by atoms with van der Waals surface area (Å²) in [6.07, 6.45) is 25.3. The van der Waals surface area contributed by atoms with E-state index < -0.39 is 0 Å². The van der Waals surface area contributed by atoms with E-state index in [4.69, 9.17) is 0 Å². The van der Waals surface area contributed by atoms with Gasteiger partial charge in [0.15, 0.2) is 5.78 Å². The van der Waals surface area contributed by atoms with E-state index >= 15 is 0 Å². The first-order valence-electron chi connectivity index (χ1n) is 37.0. The van der Waals surface area contributed by atoms with Crippen LogP contribution in [0.15, 0.2) is 137 Å². The molecule has 3 heteroatoms. The summed E-state index contributed by atoms with van der Waals surface area (Å²) < 4.78 is 0. The molecule has 3 nitrogen and oxygen atoms in total. The minimum absolute atomic E-state index is 0.309. The number of fused-ring (bicyclic) bond motifs is 15. The van der Waals surface area contributed by atoms with E-state index in [0.717, 1.165) is 54.2 Å². The van der Waals surface area contributed by atoms with Crippen molar-refractivity contribution in [1.29, 1.82) is 0 Å². The molecule has 0 amide bonds. The van der Waals surface area contributed by atoms with Gasteiger partial charge in [0.05, 0.1) is 0 Å². The normalized spacial score (nSPS) is 31.7. The molecule has 0 aliphatic heterocycles. The maximum atomic E-state index is 12.4. The zero-order valence-electron chi connectivity index (χ0n) is 59.9. The van der Waals surface area contributed by atoms with Gasteiger partial charge >= 0.3 is 0 Å². The van der Waals surface area contributed by atoms with Crippen LogP contribution in [0.1, 0.15) is 231 Å². The minimum atomic E-state index is 0.309. The van der Waals surface area contributed by atoms with Crippen molar-refractivity contribution in [1.82, 2.24) is 0 Å². The zero-order chi connectivity index (χ0) is 66.8. The van der Waals surface area contributed by atoms with Crippen LogP contribution < -0.4 is 0 Å². The van der Waals surface area contributed by atoms with Gasteiger partial charge in [0.25, 0.3) is 0 Å². The Bertz CT molecular complexity index is 3910. The van der Waals surface area contributed by atoms with E-state index in [1.54, 1.807) is 44.5 Å². The molecule has 10 unspecified atom stereocenters. The Kier molecular flexibility index (Phi) is 14.2.